The zero-order chi connectivity index (χ0) is 59.3. The molecule has 0 fully saturated rings. The van der Waals surface area contributed by atoms with Gasteiger partial charge in [0.15, 0.2) is 5.05 Å². The molecule has 1 radical (unpaired) electrons. The minimum atomic E-state index is -2.96. The first kappa shape index (κ1) is 144. The molecule has 0 spiro atoms. The maximum Gasteiger partial charge on any atom is 1.00 e. The number of carbonyl (C=O) groups excluding carboxylic acids is 3. The van der Waals surface area contributed by atoms with Crippen molar-refractivity contribution in [1.82, 2.24) is 0 Å². The molecular formula is C45H116B2F3KNO13S2. The summed E-state index contributed by atoms with van der Waals surface area (Å²) in [6.07, 6.45) is 3.04. The predicted octanol–water partition coefficient (Wildman–Crippen LogP) is 10.3. The minimum absolute atomic E-state index is 0. The fourth-order valence-electron chi connectivity index (χ4n) is 0. The number of alkyl halides is 3. The third-order valence-electron chi connectivity index (χ3n) is 1.55. The van der Waals surface area contributed by atoms with Crippen LogP contribution in [0.3, 0.4) is 0 Å². The molecule has 0 aromatic heterocycles. The van der Waals surface area contributed by atoms with Crippen molar-refractivity contribution in [2.75, 3.05) is 42.7 Å². The molecule has 0 rings (SSSR count). The summed E-state index contributed by atoms with van der Waals surface area (Å²) in [5, 5.41) is 40.3. The molecule has 0 saturated heterocycles. The third kappa shape index (κ3) is 3070. The van der Waals surface area contributed by atoms with Crippen molar-refractivity contribution < 1.29 is 128 Å². The van der Waals surface area contributed by atoms with E-state index in [1.165, 1.54) is 48.2 Å². The summed E-state index contributed by atoms with van der Waals surface area (Å²) in [6, 6.07) is 0. The fraction of sp³-hybridized carbons (Fsp3) is 0.844. The molecule has 22 heteroatoms. The number of allylic oxidation sites excluding steroid dienone is 2. The topological polar surface area (TPSA) is 222 Å². The van der Waals surface area contributed by atoms with Gasteiger partial charge in [0.1, 0.15) is 6.29 Å². The second-order valence-corrected chi connectivity index (χ2v) is 8.89. The second kappa shape index (κ2) is 217. The number of aliphatic hydroxyl groups excluding tert-OH is 1. The molecule has 0 bridgehead atoms. The van der Waals surface area contributed by atoms with Gasteiger partial charge in [-0.2, -0.15) is 8.78 Å². The first-order valence-electron chi connectivity index (χ1n) is 21.2. The molecule has 0 unspecified atom stereocenters. The normalized spacial score (nSPS) is 6.28. The number of halogens is 3. The Morgan fingerprint density at radius 1 is 0.701 bits per heavy atom. The summed E-state index contributed by atoms with van der Waals surface area (Å²) >= 11 is 7.67. The van der Waals surface area contributed by atoms with Gasteiger partial charge in [-0.15, -0.1) is 5.60 Å². The average Bonchev–Trinajstić information content (AvgIpc) is 3.27. The Bertz CT molecular complexity index is 637. The van der Waals surface area contributed by atoms with Crippen molar-refractivity contribution >= 4 is 69.0 Å². The standard InChI is InChI=1S/C4H9O.C4H8.C3H6F2O.2C3H6O2.C3H6OS.C3H8.C2H4O2.C2H4O.7C2H6.CH5BO2.CH3F.CH4O.CH4.BHNS.K/c1-4(2,3)5;1-3-4-2;1-3(4,5)6-2;2*1-3(4)5-2;1-3(5)4-2;1-3-2;1-2(3)4;1-2-3;7*1-2;1-2(3)4;2*1-2;;1-2-3;/h1-3H3;3-4H,1-2H3;1-2H3;3*1-2H3;3H2,1-2H3;1H3,(H,3,4);2H,1H3;7*1-2H3;3-4H,1H3;1H3;2H,1H3;1H4;3H;/q-1;;;;;;;;;;;;;;;;;;;;;+1/b;4-3+;;;;;;;;;;;;;;;;;;;;. The van der Waals surface area contributed by atoms with Gasteiger partial charge in [0.2, 0.25) is 0 Å². The van der Waals surface area contributed by atoms with Crippen molar-refractivity contribution in [2.45, 2.75) is 219 Å². The number of carboxylic acid groups (broad SMARTS) is 1. The monoisotopic (exact) mass is 1060 g/mol. The van der Waals surface area contributed by atoms with E-state index in [4.69, 9.17) is 29.9 Å². The number of carbonyl (C=O) groups is 4. The van der Waals surface area contributed by atoms with Crippen LogP contribution in [0.4, 0.5) is 13.2 Å². The molecule has 0 atom stereocenters. The number of hydrogen-bond donors (Lipinski definition) is 5. The molecule has 0 heterocycles. The number of aliphatic carboxylic acids is 1. The Kier molecular flexibility index (Phi) is 466. The summed E-state index contributed by atoms with van der Waals surface area (Å²) in [7, 11) is 9.89. The number of esters is 2. The summed E-state index contributed by atoms with van der Waals surface area (Å²) in [4.78, 5) is 37.0. The molecule has 14 nitrogen and oxygen atoms in total. The average molecular weight is 1060 g/mol. The van der Waals surface area contributed by atoms with E-state index in [9.17, 15) is 27.9 Å². The van der Waals surface area contributed by atoms with Crippen LogP contribution in [0.2, 0.25) is 6.82 Å². The summed E-state index contributed by atoms with van der Waals surface area (Å²) < 4.78 is 51.0. The van der Waals surface area contributed by atoms with Crippen LogP contribution in [0.15, 0.2) is 16.5 Å². The number of aldehydes is 1. The van der Waals surface area contributed by atoms with E-state index < -0.39 is 24.8 Å². The quantitative estimate of drug-likeness (QED) is 0.0412. The SMILES string of the molecule is C.C/C=C/C.CB(O)O.CC.CC.CC.CC.CC.CC.CC.CC(=O)O.CC(C)(C)[O-].CC=O.CCC.CF.CO.COC(C)(F)F.COC(C)=O.COC(C)=O.COC(C)=S.[B]=NS.[K+]. The van der Waals surface area contributed by atoms with E-state index in [1.54, 1.807) is 34.8 Å². The van der Waals surface area contributed by atoms with Crippen LogP contribution in [-0.2, 0) is 38.1 Å². The molecule has 0 saturated carbocycles. The Labute approximate surface area is 471 Å². The summed E-state index contributed by atoms with van der Waals surface area (Å²) in [5.74, 6) is -1.32. The van der Waals surface area contributed by atoms with Gasteiger partial charge in [-0.05, 0) is 39.8 Å². The molecule has 0 aliphatic rings. The van der Waals surface area contributed by atoms with Crippen LogP contribution in [0.25, 0.3) is 0 Å². The number of methoxy groups -OCH3 is 4. The number of thiol groups is 1. The zero-order valence-electron chi connectivity index (χ0n) is 49.5. The van der Waals surface area contributed by atoms with Gasteiger partial charge < -0.3 is 49.1 Å². The van der Waals surface area contributed by atoms with Crippen LogP contribution in [-0.4, -0.2) is 119 Å². The maximum atomic E-state index is 11.2. The van der Waals surface area contributed by atoms with Gasteiger partial charge >= 0.3 is 101 Å². The van der Waals surface area contributed by atoms with E-state index in [1.807, 2.05) is 123 Å². The van der Waals surface area contributed by atoms with Gasteiger partial charge in [0, 0.05) is 48.8 Å². The molecule has 0 amide bonds. The van der Waals surface area contributed by atoms with Crippen molar-refractivity contribution in [3.8, 4) is 0 Å². The third-order valence-corrected chi connectivity index (χ3v) is 1.72. The molecule has 0 aromatic carbocycles. The summed E-state index contributed by atoms with van der Waals surface area (Å²) in [6.45, 7) is 50.1. The van der Waals surface area contributed by atoms with Gasteiger partial charge in [0.25, 0.3) is 5.97 Å². The van der Waals surface area contributed by atoms with Crippen LogP contribution in [0, 0.1) is 0 Å². The number of ether oxygens (including phenoxy) is 4. The molecule has 67 heavy (non-hydrogen) atoms. The Hall–Kier alpha value is -0.784. The van der Waals surface area contributed by atoms with E-state index in [0.717, 1.165) is 27.4 Å². The molecular weight excluding hydrogens is 944 g/mol. The molecule has 4 N–H and O–H groups in total. The van der Waals surface area contributed by atoms with Gasteiger partial charge in [-0.25, -0.2) is 0 Å². The van der Waals surface area contributed by atoms with Crippen LogP contribution in [0.5, 0.6) is 0 Å². The van der Waals surface area contributed by atoms with Gasteiger partial charge in [0.05, 0.1) is 28.5 Å². The summed E-state index contributed by atoms with van der Waals surface area (Å²) in [5.41, 5.74) is -0.750. The fourth-order valence-corrected chi connectivity index (χ4v) is 0. The second-order valence-electron chi connectivity index (χ2n) is 8.09. The van der Waals surface area contributed by atoms with Crippen LogP contribution in [0.1, 0.15) is 201 Å². The number of hydrogen-bond acceptors (Lipinski definition) is 15. The van der Waals surface area contributed by atoms with E-state index in [0.29, 0.717) is 19.2 Å². The zero-order valence-corrected chi connectivity index (χ0v) is 54.3. The number of nitrogens with zero attached hydrogens (tertiary/aromatic N) is 1. The molecule has 0 aliphatic carbocycles. The van der Waals surface area contributed by atoms with Crippen molar-refractivity contribution in [1.29, 1.82) is 0 Å². The first-order chi connectivity index (χ1) is 30.0. The van der Waals surface area contributed by atoms with Crippen LogP contribution >= 0.6 is 25.0 Å². The number of aliphatic hydroxyl groups is 1. The van der Waals surface area contributed by atoms with Crippen molar-refractivity contribution in [3.63, 3.8) is 0 Å². The molecule has 0 aliphatic heterocycles. The van der Waals surface area contributed by atoms with Gasteiger partial charge in [-0.1, -0.05) is 158 Å². The van der Waals surface area contributed by atoms with Crippen LogP contribution < -0.4 is 56.5 Å². The Morgan fingerprint density at radius 2 is 0.761 bits per heavy atom. The number of rotatable bonds is 1. The van der Waals surface area contributed by atoms with Crippen molar-refractivity contribution in [2.24, 2.45) is 4.30 Å². The Balaban J connectivity index is -0.0000000161. The van der Waals surface area contributed by atoms with E-state index in [-0.39, 0.29) is 70.7 Å². The smallest absolute Gasteiger partial charge is 1.00 e. The molecule has 0 aromatic rings. The Morgan fingerprint density at radius 3 is 0.761 bits per heavy atom. The predicted molar refractivity (Wildman–Crippen MR) is 294 cm³/mol. The van der Waals surface area contributed by atoms with Gasteiger partial charge in [-0.3, -0.25) is 18.8 Å². The maximum absolute atomic E-state index is 11.2. The van der Waals surface area contributed by atoms with E-state index in [2.05, 4.69) is 69.8 Å². The van der Waals surface area contributed by atoms with E-state index >= 15 is 0 Å². The number of thiocarbonyl (C=S) groups is 1. The largest absolute Gasteiger partial charge is 1.00 e. The molecule has 419 valence electrons. The first-order valence-corrected chi connectivity index (χ1v) is 22.0. The minimum Gasteiger partial charge on any atom is 1.00 e. The van der Waals surface area contributed by atoms with Crippen molar-refractivity contribution in [3.05, 3.63) is 12.2 Å². The number of carboxylic acids is 1.